The second-order valence-corrected chi connectivity index (χ2v) is 7.99. The van der Waals surface area contributed by atoms with Gasteiger partial charge in [-0.3, -0.25) is 19.6 Å². The minimum Gasteiger partial charge on any atom is -0.438 e. The van der Waals surface area contributed by atoms with Gasteiger partial charge in [-0.1, -0.05) is 0 Å². The maximum atomic E-state index is 12.4. The molecule has 2 fully saturated rings. The Morgan fingerprint density at radius 3 is 2.79 bits per heavy atom. The zero-order chi connectivity index (χ0) is 20.1. The zero-order valence-corrected chi connectivity index (χ0v) is 16.5. The fourth-order valence-corrected chi connectivity index (χ4v) is 4.02. The number of aromatic nitrogens is 3. The van der Waals surface area contributed by atoms with Crippen LogP contribution in [0.15, 0.2) is 29.3 Å². The van der Waals surface area contributed by atoms with E-state index in [1.807, 2.05) is 6.07 Å². The Balaban J connectivity index is 1.26. The molecule has 0 unspecified atom stereocenters. The van der Waals surface area contributed by atoms with Gasteiger partial charge in [-0.25, -0.2) is 4.98 Å². The van der Waals surface area contributed by atoms with Crippen molar-refractivity contribution in [2.24, 2.45) is 5.92 Å². The molecule has 2 aliphatic rings. The Labute approximate surface area is 169 Å². The summed E-state index contributed by atoms with van der Waals surface area (Å²) in [5.41, 5.74) is 1.02. The van der Waals surface area contributed by atoms with Crippen LogP contribution in [0.3, 0.4) is 0 Å². The lowest BCUT2D eigenvalue weighted by atomic mass is 10.1. The number of hydrogen-bond donors (Lipinski definition) is 3. The molecule has 9 heteroatoms. The average Bonchev–Trinajstić information content (AvgIpc) is 3.11. The van der Waals surface area contributed by atoms with Crippen molar-refractivity contribution < 1.29 is 14.0 Å². The van der Waals surface area contributed by atoms with Crippen LogP contribution < -0.4 is 10.6 Å². The summed E-state index contributed by atoms with van der Waals surface area (Å²) in [6, 6.07) is 2.40. The van der Waals surface area contributed by atoms with Gasteiger partial charge in [0.05, 0.1) is 6.20 Å². The fraction of sp³-hybridized carbons (Fsp3) is 0.600. The highest BCUT2D eigenvalue weighted by molar-refractivity contribution is 5.91. The Bertz CT molecular complexity index is 787. The number of likely N-dealkylation sites (tertiary alicyclic amines) is 1. The van der Waals surface area contributed by atoms with Crippen molar-refractivity contribution in [1.82, 2.24) is 30.7 Å². The summed E-state index contributed by atoms with van der Waals surface area (Å²) in [5.74, 6) is 0.798. The number of nitrogens with zero attached hydrogens (tertiary/aromatic N) is 3. The SMILES string of the molecule is O=C(C[C@H]1CC[C@@H](CNC(=O)c2cnco2)N1CC1CC1)NCCc1ccn[nH]1. The first-order valence-corrected chi connectivity index (χ1v) is 10.4. The number of carbonyl (C=O) groups is 2. The van der Waals surface area contributed by atoms with Gasteiger partial charge in [0.1, 0.15) is 0 Å². The van der Waals surface area contributed by atoms with Crippen LogP contribution in [0, 0.1) is 5.92 Å². The highest BCUT2D eigenvalue weighted by Gasteiger charge is 2.38. The standard InChI is InChI=1S/C20H28N6O3/c27-19(22-7-5-15-6-8-24-25-15)9-16-3-4-17(26(16)12-14-1-2-14)10-23-20(28)18-11-21-13-29-18/h6,8,11,13-14,16-17H,1-5,7,9-10,12H2,(H,22,27)(H,23,28)(H,24,25)/t16-,17+/m1/s1. The molecule has 0 bridgehead atoms. The van der Waals surface area contributed by atoms with Gasteiger partial charge in [-0.15, -0.1) is 0 Å². The molecular weight excluding hydrogens is 372 g/mol. The molecule has 2 atom stereocenters. The molecule has 3 N–H and O–H groups in total. The predicted octanol–water partition coefficient (Wildman–Crippen LogP) is 1.12. The predicted molar refractivity (Wildman–Crippen MR) is 105 cm³/mol. The molecule has 0 spiro atoms. The van der Waals surface area contributed by atoms with E-state index < -0.39 is 0 Å². The van der Waals surface area contributed by atoms with Crippen LogP contribution in [0.2, 0.25) is 0 Å². The number of nitrogens with one attached hydrogen (secondary N) is 3. The van der Waals surface area contributed by atoms with Crippen LogP contribution in [-0.2, 0) is 11.2 Å². The summed E-state index contributed by atoms with van der Waals surface area (Å²) in [6.07, 6.45) is 10.1. The molecule has 156 valence electrons. The largest absolute Gasteiger partial charge is 0.438 e. The van der Waals surface area contributed by atoms with Crippen molar-refractivity contribution in [2.45, 2.75) is 50.6 Å². The fourth-order valence-electron chi connectivity index (χ4n) is 4.02. The van der Waals surface area contributed by atoms with E-state index in [0.29, 0.717) is 19.5 Å². The second-order valence-electron chi connectivity index (χ2n) is 7.99. The lowest BCUT2D eigenvalue weighted by molar-refractivity contribution is -0.122. The molecule has 1 saturated heterocycles. The van der Waals surface area contributed by atoms with Gasteiger partial charge in [0.25, 0.3) is 5.91 Å². The summed E-state index contributed by atoms with van der Waals surface area (Å²) in [4.78, 5) is 30.8. The lowest BCUT2D eigenvalue weighted by Crippen LogP contribution is -2.45. The molecule has 9 nitrogen and oxygen atoms in total. The maximum Gasteiger partial charge on any atom is 0.288 e. The van der Waals surface area contributed by atoms with Crippen LogP contribution in [0.5, 0.6) is 0 Å². The third kappa shape index (κ3) is 5.44. The highest BCUT2D eigenvalue weighted by Crippen LogP contribution is 2.35. The molecule has 0 aromatic carbocycles. The minimum atomic E-state index is -0.242. The van der Waals surface area contributed by atoms with Crippen LogP contribution in [-0.4, -0.2) is 63.6 Å². The van der Waals surface area contributed by atoms with E-state index >= 15 is 0 Å². The van der Waals surface area contributed by atoms with Crippen molar-refractivity contribution in [2.75, 3.05) is 19.6 Å². The van der Waals surface area contributed by atoms with Crippen molar-refractivity contribution in [3.05, 3.63) is 36.3 Å². The Hall–Kier alpha value is -2.68. The maximum absolute atomic E-state index is 12.4. The molecule has 2 aromatic heterocycles. The summed E-state index contributed by atoms with van der Waals surface area (Å²) in [6.45, 7) is 2.17. The van der Waals surface area contributed by atoms with Crippen LogP contribution >= 0.6 is 0 Å². The van der Waals surface area contributed by atoms with E-state index in [-0.39, 0.29) is 29.7 Å². The van der Waals surface area contributed by atoms with Gasteiger partial charge in [-0.2, -0.15) is 5.10 Å². The molecule has 29 heavy (non-hydrogen) atoms. The Morgan fingerprint density at radius 1 is 1.21 bits per heavy atom. The second kappa shape index (κ2) is 9.21. The number of H-pyrrole nitrogens is 1. The zero-order valence-electron chi connectivity index (χ0n) is 16.5. The number of hydrogen-bond acceptors (Lipinski definition) is 6. The molecule has 4 rings (SSSR count). The van der Waals surface area contributed by atoms with Gasteiger partial charge in [0.15, 0.2) is 6.39 Å². The first-order valence-electron chi connectivity index (χ1n) is 10.4. The average molecular weight is 400 g/mol. The summed E-state index contributed by atoms with van der Waals surface area (Å²) < 4.78 is 5.05. The molecule has 1 aliphatic heterocycles. The lowest BCUT2D eigenvalue weighted by Gasteiger charge is -2.30. The number of rotatable bonds is 10. The van der Waals surface area contributed by atoms with E-state index in [4.69, 9.17) is 4.42 Å². The first kappa shape index (κ1) is 19.6. The summed E-state index contributed by atoms with van der Waals surface area (Å²) >= 11 is 0. The topological polar surface area (TPSA) is 116 Å². The summed E-state index contributed by atoms with van der Waals surface area (Å²) in [7, 11) is 0. The van der Waals surface area contributed by atoms with Gasteiger partial charge < -0.3 is 15.1 Å². The van der Waals surface area contributed by atoms with Gasteiger partial charge in [0.2, 0.25) is 11.7 Å². The number of oxazole rings is 1. The molecule has 1 aliphatic carbocycles. The quantitative estimate of drug-likeness (QED) is 0.550. The number of amides is 2. The Kier molecular flexibility index (Phi) is 6.24. The first-order chi connectivity index (χ1) is 14.2. The molecule has 1 saturated carbocycles. The van der Waals surface area contributed by atoms with Gasteiger partial charge >= 0.3 is 0 Å². The van der Waals surface area contributed by atoms with Crippen LogP contribution in [0.4, 0.5) is 0 Å². The molecule has 2 amide bonds. The monoisotopic (exact) mass is 400 g/mol. The third-order valence-corrected chi connectivity index (χ3v) is 5.79. The van der Waals surface area contributed by atoms with E-state index in [0.717, 1.165) is 37.4 Å². The smallest absolute Gasteiger partial charge is 0.288 e. The van der Waals surface area contributed by atoms with Crippen molar-refractivity contribution in [1.29, 1.82) is 0 Å². The van der Waals surface area contributed by atoms with Crippen molar-refractivity contribution >= 4 is 11.8 Å². The van der Waals surface area contributed by atoms with Gasteiger partial charge in [-0.05, 0) is 37.7 Å². The van der Waals surface area contributed by atoms with Gasteiger partial charge in [0, 0.05) is 56.5 Å². The number of carbonyl (C=O) groups excluding carboxylic acids is 2. The minimum absolute atomic E-state index is 0.0849. The third-order valence-electron chi connectivity index (χ3n) is 5.79. The van der Waals surface area contributed by atoms with E-state index in [1.54, 1.807) is 6.20 Å². The van der Waals surface area contributed by atoms with Crippen molar-refractivity contribution in [3.8, 4) is 0 Å². The number of aromatic amines is 1. The Morgan fingerprint density at radius 2 is 2.07 bits per heavy atom. The van der Waals surface area contributed by atoms with Crippen molar-refractivity contribution in [3.63, 3.8) is 0 Å². The summed E-state index contributed by atoms with van der Waals surface area (Å²) in [5, 5.41) is 12.8. The van der Waals surface area contributed by atoms with E-state index in [1.165, 1.54) is 25.4 Å². The van der Waals surface area contributed by atoms with E-state index in [2.05, 4.69) is 30.7 Å². The molecule has 3 heterocycles. The molecule has 2 aromatic rings. The van der Waals surface area contributed by atoms with Crippen LogP contribution in [0.25, 0.3) is 0 Å². The molecule has 0 radical (unpaired) electrons. The highest BCUT2D eigenvalue weighted by atomic mass is 16.3. The molecular formula is C20H28N6O3. The van der Waals surface area contributed by atoms with Crippen LogP contribution in [0.1, 0.15) is 48.4 Å². The van der Waals surface area contributed by atoms with E-state index in [9.17, 15) is 9.59 Å². The normalized spacial score (nSPS) is 21.9.